The summed E-state index contributed by atoms with van der Waals surface area (Å²) in [5, 5.41) is 2.62. The molecule has 0 aliphatic carbocycles. The first-order valence-electron chi connectivity index (χ1n) is 8.11. The third kappa shape index (κ3) is 5.28. The first-order valence-corrected chi connectivity index (χ1v) is 8.90. The van der Waals surface area contributed by atoms with Gasteiger partial charge in [0.05, 0.1) is 0 Å². The Morgan fingerprint density at radius 2 is 1.58 bits per heavy atom. The average molecular weight is 416 g/mol. The highest BCUT2D eigenvalue weighted by atomic mass is 79.9. The third-order valence-corrected chi connectivity index (χ3v) is 4.35. The van der Waals surface area contributed by atoms with Crippen LogP contribution in [0.4, 0.5) is 0 Å². The van der Waals surface area contributed by atoms with Crippen LogP contribution in [0.25, 0.3) is 6.08 Å². The zero-order chi connectivity index (χ0) is 19.3. The second-order valence-electron chi connectivity index (χ2n) is 6.86. The van der Waals surface area contributed by atoms with E-state index in [1.807, 2.05) is 36.4 Å². The smallest absolute Gasteiger partial charge is 0.281 e. The van der Waals surface area contributed by atoms with E-state index in [-0.39, 0.29) is 17.0 Å². The van der Waals surface area contributed by atoms with E-state index in [9.17, 15) is 9.59 Å². The minimum Gasteiger partial charge on any atom is -0.317 e. The Bertz CT molecular complexity index is 820. The summed E-state index contributed by atoms with van der Waals surface area (Å²) in [6.07, 6.45) is 1.57. The van der Waals surface area contributed by atoms with Crippen molar-refractivity contribution < 1.29 is 9.59 Å². The molecule has 0 radical (unpaired) electrons. The number of nitrogens with one attached hydrogen (secondary N) is 2. The number of rotatable bonds is 4. The monoisotopic (exact) mass is 415 g/mol. The van der Waals surface area contributed by atoms with Gasteiger partial charge in [-0.15, -0.1) is 0 Å². The molecule has 2 aromatic carbocycles. The fourth-order valence-corrected chi connectivity index (χ4v) is 2.54. The van der Waals surface area contributed by atoms with Crippen molar-refractivity contribution in [3.63, 3.8) is 0 Å². The molecule has 136 valence electrons. The summed E-state index contributed by atoms with van der Waals surface area (Å²) in [6.45, 7) is 6.31. The van der Waals surface area contributed by atoms with Crippen molar-refractivity contribution >= 4 is 33.8 Å². The van der Waals surface area contributed by atoms with Gasteiger partial charge in [-0.05, 0) is 46.9 Å². The zero-order valence-electron chi connectivity index (χ0n) is 15.0. The van der Waals surface area contributed by atoms with Crippen LogP contribution >= 0.6 is 15.9 Å². The predicted octanol–water partition coefficient (Wildman–Crippen LogP) is 3.51. The molecule has 0 spiro atoms. The minimum absolute atomic E-state index is 0.00108. The third-order valence-electron chi connectivity index (χ3n) is 3.82. The van der Waals surface area contributed by atoms with Crippen LogP contribution in [0, 0.1) is 0 Å². The highest BCUT2D eigenvalue weighted by molar-refractivity contribution is 9.10. The average Bonchev–Trinajstić information content (AvgIpc) is 2.61. The van der Waals surface area contributed by atoms with Crippen molar-refractivity contribution in [2.24, 2.45) is 5.84 Å². The predicted molar refractivity (Wildman–Crippen MR) is 107 cm³/mol. The van der Waals surface area contributed by atoms with E-state index in [2.05, 4.69) is 47.4 Å². The Balaban J connectivity index is 2.24. The fourth-order valence-electron chi connectivity index (χ4n) is 2.28. The Kier molecular flexibility index (Phi) is 6.34. The van der Waals surface area contributed by atoms with Gasteiger partial charge in [0, 0.05) is 10.0 Å². The number of nitrogens with two attached hydrogens (primary N) is 1. The minimum atomic E-state index is -0.576. The number of hydrogen-bond donors (Lipinski definition) is 3. The lowest BCUT2D eigenvalue weighted by Crippen LogP contribution is -2.38. The van der Waals surface area contributed by atoms with E-state index < -0.39 is 5.91 Å². The molecule has 0 atom stereocenters. The topological polar surface area (TPSA) is 84.2 Å². The van der Waals surface area contributed by atoms with Gasteiger partial charge < -0.3 is 5.32 Å². The molecule has 0 heterocycles. The maximum absolute atomic E-state index is 12.5. The lowest BCUT2D eigenvalue weighted by molar-refractivity contribution is -0.117. The molecule has 0 bridgehead atoms. The van der Waals surface area contributed by atoms with Gasteiger partial charge in [-0.1, -0.05) is 61.0 Å². The van der Waals surface area contributed by atoms with Crippen LogP contribution in [-0.2, 0) is 10.2 Å². The molecule has 0 unspecified atom stereocenters. The van der Waals surface area contributed by atoms with Gasteiger partial charge in [-0.2, -0.15) is 0 Å². The van der Waals surface area contributed by atoms with Gasteiger partial charge in [0.25, 0.3) is 11.8 Å². The summed E-state index contributed by atoms with van der Waals surface area (Å²) >= 11 is 3.36. The molecule has 0 aliphatic heterocycles. The molecule has 2 amide bonds. The molecule has 0 aliphatic rings. The number of benzene rings is 2. The standard InChI is InChI=1S/C20H22BrN3O2/c1-20(2,3)15-8-6-14(7-9-15)18(25)23-17(19(26)24-22)12-13-4-10-16(21)11-5-13/h4-12H,22H2,1-3H3,(H,23,25)(H,24,26)/b17-12+. The van der Waals surface area contributed by atoms with Gasteiger partial charge in [0.1, 0.15) is 5.70 Å². The van der Waals surface area contributed by atoms with E-state index >= 15 is 0 Å². The van der Waals surface area contributed by atoms with Crippen molar-refractivity contribution in [2.75, 3.05) is 0 Å². The van der Waals surface area contributed by atoms with E-state index in [4.69, 9.17) is 5.84 Å². The number of amides is 2. The maximum Gasteiger partial charge on any atom is 0.281 e. The second kappa shape index (κ2) is 8.29. The van der Waals surface area contributed by atoms with Gasteiger partial charge in [-0.3, -0.25) is 15.0 Å². The zero-order valence-corrected chi connectivity index (χ0v) is 16.6. The van der Waals surface area contributed by atoms with Crippen molar-refractivity contribution in [3.8, 4) is 0 Å². The molecule has 0 aromatic heterocycles. The van der Waals surface area contributed by atoms with Crippen LogP contribution in [0.2, 0.25) is 0 Å². The van der Waals surface area contributed by atoms with E-state index in [1.165, 1.54) is 0 Å². The number of carbonyl (C=O) groups is 2. The number of halogens is 1. The van der Waals surface area contributed by atoms with Crippen LogP contribution in [0.1, 0.15) is 42.3 Å². The van der Waals surface area contributed by atoms with Crippen LogP contribution in [0.15, 0.2) is 58.7 Å². The molecule has 0 fully saturated rings. The van der Waals surface area contributed by atoms with Crippen molar-refractivity contribution in [3.05, 3.63) is 75.4 Å². The molecule has 4 N–H and O–H groups in total. The Morgan fingerprint density at radius 3 is 2.08 bits per heavy atom. The molecular weight excluding hydrogens is 394 g/mol. The van der Waals surface area contributed by atoms with Gasteiger partial charge >= 0.3 is 0 Å². The SMILES string of the molecule is CC(C)(C)c1ccc(C(=O)N/C(=C/c2ccc(Br)cc2)C(=O)NN)cc1. The summed E-state index contributed by atoms with van der Waals surface area (Å²) < 4.78 is 0.919. The van der Waals surface area contributed by atoms with E-state index in [0.29, 0.717) is 5.56 Å². The number of hydrogen-bond acceptors (Lipinski definition) is 3. The highest BCUT2D eigenvalue weighted by Crippen LogP contribution is 2.22. The summed E-state index contributed by atoms with van der Waals surface area (Å²) in [6, 6.07) is 14.6. The molecule has 26 heavy (non-hydrogen) atoms. The first-order chi connectivity index (χ1) is 12.2. The van der Waals surface area contributed by atoms with Crippen LogP contribution < -0.4 is 16.6 Å². The maximum atomic E-state index is 12.5. The summed E-state index contributed by atoms with van der Waals surface area (Å²) in [4.78, 5) is 24.5. The first kappa shape index (κ1) is 19.9. The molecule has 6 heteroatoms. The normalized spacial score (nSPS) is 11.8. The lowest BCUT2D eigenvalue weighted by Gasteiger charge is -2.19. The Hall–Kier alpha value is -2.44. The molecule has 5 nitrogen and oxygen atoms in total. The fraction of sp³-hybridized carbons (Fsp3) is 0.200. The largest absolute Gasteiger partial charge is 0.317 e. The molecule has 2 rings (SSSR count). The van der Waals surface area contributed by atoms with Gasteiger partial charge in [0.2, 0.25) is 0 Å². The van der Waals surface area contributed by atoms with Crippen molar-refractivity contribution in [2.45, 2.75) is 26.2 Å². The number of hydrazine groups is 1. The number of carbonyl (C=O) groups excluding carboxylic acids is 2. The highest BCUT2D eigenvalue weighted by Gasteiger charge is 2.16. The van der Waals surface area contributed by atoms with E-state index in [1.54, 1.807) is 18.2 Å². The van der Waals surface area contributed by atoms with E-state index in [0.717, 1.165) is 15.6 Å². The molecule has 2 aromatic rings. The van der Waals surface area contributed by atoms with Crippen LogP contribution in [-0.4, -0.2) is 11.8 Å². The summed E-state index contributed by atoms with van der Waals surface area (Å²) in [7, 11) is 0. The molecular formula is C20H22BrN3O2. The van der Waals surface area contributed by atoms with Crippen LogP contribution in [0.3, 0.4) is 0 Å². The lowest BCUT2D eigenvalue weighted by atomic mass is 9.87. The summed E-state index contributed by atoms with van der Waals surface area (Å²) in [5.74, 6) is 4.28. The molecule has 0 saturated heterocycles. The second-order valence-corrected chi connectivity index (χ2v) is 7.78. The van der Waals surface area contributed by atoms with Crippen molar-refractivity contribution in [1.82, 2.24) is 10.7 Å². The Morgan fingerprint density at radius 1 is 1.00 bits per heavy atom. The quantitative estimate of drug-likeness (QED) is 0.309. The van der Waals surface area contributed by atoms with Crippen LogP contribution in [0.5, 0.6) is 0 Å². The summed E-state index contributed by atoms with van der Waals surface area (Å²) in [5.41, 5.74) is 4.47. The van der Waals surface area contributed by atoms with Crippen molar-refractivity contribution in [1.29, 1.82) is 0 Å². The van der Waals surface area contributed by atoms with Gasteiger partial charge in [-0.25, -0.2) is 5.84 Å². The van der Waals surface area contributed by atoms with Gasteiger partial charge in [0.15, 0.2) is 0 Å². The Labute approximate surface area is 161 Å². The molecule has 0 saturated carbocycles.